The predicted octanol–water partition coefficient (Wildman–Crippen LogP) is 4.27. The molecule has 0 atom stereocenters. The van der Waals surface area contributed by atoms with E-state index < -0.39 is 0 Å². The number of imidazole rings is 1. The van der Waals surface area contributed by atoms with Gasteiger partial charge in [-0.15, -0.1) is 0 Å². The highest BCUT2D eigenvalue weighted by Gasteiger charge is 2.16. The highest BCUT2D eigenvalue weighted by atomic mass is 16.1. The molecule has 0 saturated carbocycles. The van der Waals surface area contributed by atoms with Crippen LogP contribution in [-0.4, -0.2) is 41.3 Å². The molecule has 1 aliphatic heterocycles. The molecule has 1 N–H and O–H groups in total. The fourth-order valence-electron chi connectivity index (χ4n) is 4.00. The molecule has 5 heteroatoms. The normalized spacial score (nSPS) is 15.4. The summed E-state index contributed by atoms with van der Waals surface area (Å²) in [7, 11) is 0. The molecule has 0 radical (unpaired) electrons. The fraction of sp³-hybridized carbons (Fsp3) is 0.360. The highest BCUT2D eigenvalue weighted by Crippen LogP contribution is 2.26. The van der Waals surface area contributed by atoms with Crippen LogP contribution < -0.4 is 10.2 Å². The number of hydrogen-bond donors (Lipinski definition) is 1. The number of fused-ring (bicyclic) bond motifs is 1. The van der Waals surface area contributed by atoms with Gasteiger partial charge in [0.1, 0.15) is 5.65 Å². The van der Waals surface area contributed by atoms with Crippen molar-refractivity contribution in [2.24, 2.45) is 0 Å². The van der Waals surface area contributed by atoms with Gasteiger partial charge in [0.15, 0.2) is 5.78 Å². The lowest BCUT2D eigenvalue weighted by Gasteiger charge is -2.23. The number of benzene rings is 1. The van der Waals surface area contributed by atoms with Crippen molar-refractivity contribution in [3.8, 4) is 0 Å². The van der Waals surface area contributed by atoms with E-state index >= 15 is 0 Å². The van der Waals surface area contributed by atoms with Crippen LogP contribution in [0.1, 0.15) is 42.1 Å². The molecule has 4 rings (SSSR count). The predicted molar refractivity (Wildman–Crippen MR) is 124 cm³/mol. The number of pyridine rings is 1. The van der Waals surface area contributed by atoms with Crippen LogP contribution in [0.15, 0.2) is 42.7 Å². The molecule has 1 aliphatic rings. The van der Waals surface area contributed by atoms with Crippen molar-refractivity contribution in [2.45, 2.75) is 33.6 Å². The number of ketones is 1. The average molecular weight is 403 g/mol. The van der Waals surface area contributed by atoms with E-state index in [1.807, 2.05) is 41.9 Å². The number of nitrogens with zero attached hydrogens (tertiary/aromatic N) is 3. The van der Waals surface area contributed by atoms with Gasteiger partial charge in [-0.25, -0.2) is 4.98 Å². The van der Waals surface area contributed by atoms with E-state index in [9.17, 15) is 4.79 Å². The third kappa shape index (κ3) is 4.31. The molecule has 0 aliphatic carbocycles. The zero-order valence-electron chi connectivity index (χ0n) is 18.1. The van der Waals surface area contributed by atoms with Crippen molar-refractivity contribution in [3.63, 3.8) is 0 Å². The second kappa shape index (κ2) is 8.84. The van der Waals surface area contributed by atoms with Crippen molar-refractivity contribution < 1.29 is 4.79 Å². The number of aromatic nitrogens is 2. The Labute approximate surface area is 178 Å². The maximum atomic E-state index is 12.8. The Morgan fingerprint density at radius 1 is 1.13 bits per heavy atom. The van der Waals surface area contributed by atoms with Gasteiger partial charge < -0.3 is 14.6 Å². The molecule has 3 heterocycles. The molecule has 1 saturated heterocycles. The van der Waals surface area contributed by atoms with Gasteiger partial charge in [-0.2, -0.15) is 0 Å². The average Bonchev–Trinajstić information content (AvgIpc) is 2.96. The van der Waals surface area contributed by atoms with Crippen LogP contribution in [0.3, 0.4) is 0 Å². The number of allylic oxidation sites excluding steroid dienone is 1. The van der Waals surface area contributed by atoms with Crippen LogP contribution >= 0.6 is 0 Å². The number of hydrogen-bond acceptors (Lipinski definition) is 4. The summed E-state index contributed by atoms with van der Waals surface area (Å²) >= 11 is 0. The first kappa shape index (κ1) is 20.4. The van der Waals surface area contributed by atoms with Crippen LogP contribution in [0.4, 0.5) is 5.69 Å². The fourth-order valence-corrected chi connectivity index (χ4v) is 4.00. The van der Waals surface area contributed by atoms with Crippen LogP contribution in [-0.2, 0) is 4.79 Å². The Morgan fingerprint density at radius 2 is 2.00 bits per heavy atom. The lowest BCUT2D eigenvalue weighted by atomic mass is 9.99. The zero-order chi connectivity index (χ0) is 21.1. The van der Waals surface area contributed by atoms with Crippen LogP contribution in [0.2, 0.25) is 0 Å². The van der Waals surface area contributed by atoms with E-state index in [4.69, 9.17) is 4.98 Å². The smallest absolute Gasteiger partial charge is 0.164 e. The first-order valence-corrected chi connectivity index (χ1v) is 10.8. The van der Waals surface area contributed by atoms with Crippen molar-refractivity contribution >= 4 is 28.8 Å². The van der Waals surface area contributed by atoms with Gasteiger partial charge >= 0.3 is 0 Å². The van der Waals surface area contributed by atoms with Gasteiger partial charge in [-0.1, -0.05) is 19.1 Å². The van der Waals surface area contributed by atoms with Gasteiger partial charge in [0.25, 0.3) is 0 Å². The molecule has 30 heavy (non-hydrogen) atoms. The first-order chi connectivity index (χ1) is 14.5. The monoisotopic (exact) mass is 402 g/mol. The van der Waals surface area contributed by atoms with Crippen molar-refractivity contribution in [2.75, 3.05) is 31.1 Å². The van der Waals surface area contributed by atoms with Gasteiger partial charge in [0.2, 0.25) is 0 Å². The van der Waals surface area contributed by atoms with Crippen LogP contribution in [0.5, 0.6) is 0 Å². The summed E-state index contributed by atoms with van der Waals surface area (Å²) in [4.78, 5) is 19.9. The van der Waals surface area contributed by atoms with Gasteiger partial charge in [0, 0.05) is 49.7 Å². The van der Waals surface area contributed by atoms with Gasteiger partial charge in [-0.3, -0.25) is 4.79 Å². The Balaban J connectivity index is 1.70. The molecular formula is C25H30N4O. The lowest BCUT2D eigenvalue weighted by molar-refractivity contribution is -0.113. The number of aryl methyl sites for hydroxylation is 2. The minimum absolute atomic E-state index is 0.109. The SMILES string of the molecule is CCC(=O)/C(=C\c1ccc(N2CCCNCC2)cc1C)c1cn2cc(C)ccc2n1. The summed E-state index contributed by atoms with van der Waals surface area (Å²) in [5, 5.41) is 3.45. The molecular weight excluding hydrogens is 372 g/mol. The van der Waals surface area contributed by atoms with Crippen molar-refractivity contribution in [3.05, 3.63) is 65.1 Å². The Morgan fingerprint density at radius 3 is 2.80 bits per heavy atom. The summed E-state index contributed by atoms with van der Waals surface area (Å²) in [5.74, 6) is 0.109. The number of rotatable bonds is 5. The summed E-state index contributed by atoms with van der Waals surface area (Å²) in [6, 6.07) is 10.6. The summed E-state index contributed by atoms with van der Waals surface area (Å²) < 4.78 is 1.99. The van der Waals surface area contributed by atoms with E-state index in [2.05, 4.69) is 42.3 Å². The molecule has 0 amide bonds. The molecule has 0 unspecified atom stereocenters. The second-order valence-electron chi connectivity index (χ2n) is 8.06. The topological polar surface area (TPSA) is 49.6 Å². The standard InChI is InChI=1S/C25H30N4O/c1-4-24(30)22(23-17-29-16-18(2)6-9-25(29)27-23)15-20-7-8-21(14-19(20)3)28-12-5-10-26-11-13-28/h6-9,14-17,26H,4-5,10-13H2,1-3H3/b22-15-. The maximum absolute atomic E-state index is 12.8. The number of carbonyl (C=O) groups excluding carboxylic acids is 1. The third-order valence-electron chi connectivity index (χ3n) is 5.75. The highest BCUT2D eigenvalue weighted by molar-refractivity contribution is 6.24. The Kier molecular flexibility index (Phi) is 6.00. The number of carbonyl (C=O) groups is 1. The van der Waals surface area contributed by atoms with E-state index in [0.717, 1.165) is 55.1 Å². The number of nitrogens with one attached hydrogen (secondary N) is 1. The molecule has 3 aromatic rings. The molecule has 156 valence electrons. The van der Waals surface area contributed by atoms with Gasteiger partial charge in [-0.05, 0) is 67.8 Å². The summed E-state index contributed by atoms with van der Waals surface area (Å²) in [6.07, 6.45) is 7.61. The van der Waals surface area contributed by atoms with Crippen LogP contribution in [0, 0.1) is 13.8 Å². The van der Waals surface area contributed by atoms with E-state index in [1.54, 1.807) is 0 Å². The minimum Gasteiger partial charge on any atom is -0.370 e. The Hall–Kier alpha value is -2.92. The second-order valence-corrected chi connectivity index (χ2v) is 8.06. The van der Waals surface area contributed by atoms with E-state index in [1.165, 1.54) is 11.3 Å². The molecule has 2 aromatic heterocycles. The largest absolute Gasteiger partial charge is 0.370 e. The molecule has 1 fully saturated rings. The quantitative estimate of drug-likeness (QED) is 0.648. The first-order valence-electron chi connectivity index (χ1n) is 10.8. The molecule has 0 bridgehead atoms. The zero-order valence-corrected chi connectivity index (χ0v) is 18.1. The van der Waals surface area contributed by atoms with Gasteiger partial charge in [0.05, 0.1) is 5.69 Å². The van der Waals surface area contributed by atoms with Crippen LogP contribution in [0.25, 0.3) is 17.3 Å². The third-order valence-corrected chi connectivity index (χ3v) is 5.75. The van der Waals surface area contributed by atoms with E-state index in [-0.39, 0.29) is 5.78 Å². The van der Waals surface area contributed by atoms with Crippen molar-refractivity contribution in [1.82, 2.24) is 14.7 Å². The molecule has 0 spiro atoms. The van der Waals surface area contributed by atoms with Crippen molar-refractivity contribution in [1.29, 1.82) is 0 Å². The summed E-state index contributed by atoms with van der Waals surface area (Å²) in [5.41, 5.74) is 6.91. The van der Waals surface area contributed by atoms with E-state index in [0.29, 0.717) is 12.0 Å². The molecule has 1 aromatic carbocycles. The minimum atomic E-state index is 0.109. The Bertz CT molecular complexity index is 1090. The number of anilines is 1. The number of Topliss-reactive ketones (excluding diaryl/α,β-unsaturated/α-hetero) is 1. The molecule has 5 nitrogen and oxygen atoms in total. The maximum Gasteiger partial charge on any atom is 0.164 e. The lowest BCUT2D eigenvalue weighted by Crippen LogP contribution is -2.27. The summed E-state index contributed by atoms with van der Waals surface area (Å²) in [6.45, 7) is 10.3.